The van der Waals surface area contributed by atoms with Crippen LogP contribution in [0.1, 0.15) is 31.4 Å². The third kappa shape index (κ3) is 4.15. The van der Waals surface area contributed by atoms with Crippen molar-refractivity contribution in [3.8, 4) is 0 Å². The van der Waals surface area contributed by atoms with Crippen molar-refractivity contribution in [1.82, 2.24) is 10.6 Å². The first-order chi connectivity index (χ1) is 9.63. The van der Waals surface area contributed by atoms with E-state index in [1.54, 1.807) is 0 Å². The smallest absolute Gasteiger partial charge is 0.315 e. The fraction of sp³-hybridized carbons (Fsp3) is 0.533. The standard InChI is InChI=1S/C15H22N2O2S/c1-15(8-5-9-20-15)11-16-14(19)17-13(10-18)12-6-3-2-4-7-12/h2-4,6-7,13,18H,5,8-11H2,1H3,(H2,16,17,19)/t13-,15?/m1/s1. The number of amides is 2. The Bertz CT molecular complexity index is 433. The van der Waals surface area contributed by atoms with Gasteiger partial charge >= 0.3 is 6.03 Å². The van der Waals surface area contributed by atoms with Crippen LogP contribution in [-0.4, -0.2) is 34.8 Å². The van der Waals surface area contributed by atoms with Gasteiger partial charge in [-0.05, 0) is 31.1 Å². The molecule has 1 fully saturated rings. The molecule has 1 aliphatic rings. The summed E-state index contributed by atoms with van der Waals surface area (Å²) in [5, 5.41) is 15.1. The molecule has 110 valence electrons. The lowest BCUT2D eigenvalue weighted by molar-refractivity contribution is 0.216. The van der Waals surface area contributed by atoms with Gasteiger partial charge in [-0.3, -0.25) is 0 Å². The van der Waals surface area contributed by atoms with E-state index in [-0.39, 0.29) is 23.4 Å². The number of benzene rings is 1. The molecule has 2 atom stereocenters. The highest BCUT2D eigenvalue weighted by molar-refractivity contribution is 8.00. The Morgan fingerprint density at radius 3 is 2.80 bits per heavy atom. The minimum atomic E-state index is -0.361. The quantitative estimate of drug-likeness (QED) is 0.781. The van der Waals surface area contributed by atoms with Gasteiger partial charge in [-0.15, -0.1) is 0 Å². The second kappa shape index (κ2) is 6.99. The van der Waals surface area contributed by atoms with Crippen LogP contribution in [-0.2, 0) is 0 Å². The van der Waals surface area contributed by atoms with Gasteiger partial charge in [0, 0.05) is 11.3 Å². The summed E-state index contributed by atoms with van der Waals surface area (Å²) in [6, 6.07) is 8.92. The molecule has 0 spiro atoms. The lowest BCUT2D eigenvalue weighted by Gasteiger charge is -2.24. The third-order valence-electron chi connectivity index (χ3n) is 3.61. The second-order valence-corrected chi connectivity index (χ2v) is 7.06. The molecular formula is C15H22N2O2S. The van der Waals surface area contributed by atoms with Crippen LogP contribution in [0, 0.1) is 0 Å². The molecule has 0 aromatic heterocycles. The first-order valence-electron chi connectivity index (χ1n) is 6.97. The zero-order valence-corrected chi connectivity index (χ0v) is 12.6. The van der Waals surface area contributed by atoms with E-state index in [2.05, 4.69) is 17.6 Å². The van der Waals surface area contributed by atoms with Crippen molar-refractivity contribution in [3.63, 3.8) is 0 Å². The lowest BCUT2D eigenvalue weighted by atomic mass is 10.1. The molecule has 0 bridgehead atoms. The molecule has 1 saturated heterocycles. The SMILES string of the molecule is CC1(CNC(=O)N[C@H](CO)c2ccccc2)CCCS1. The fourth-order valence-corrected chi connectivity index (χ4v) is 3.62. The molecule has 1 aromatic carbocycles. The molecule has 1 unspecified atom stereocenters. The average Bonchev–Trinajstić information content (AvgIpc) is 2.91. The maximum atomic E-state index is 11.9. The predicted molar refractivity (Wildman–Crippen MR) is 82.9 cm³/mol. The molecule has 1 aliphatic heterocycles. The molecule has 1 aromatic rings. The highest BCUT2D eigenvalue weighted by Gasteiger charge is 2.29. The van der Waals surface area contributed by atoms with Crippen molar-refractivity contribution in [1.29, 1.82) is 0 Å². The number of hydrogen-bond donors (Lipinski definition) is 3. The van der Waals surface area contributed by atoms with Gasteiger partial charge in [0.2, 0.25) is 0 Å². The predicted octanol–water partition coefficient (Wildman–Crippen LogP) is 2.30. The van der Waals surface area contributed by atoms with Crippen molar-refractivity contribution >= 4 is 17.8 Å². The molecule has 0 saturated carbocycles. The van der Waals surface area contributed by atoms with Crippen molar-refractivity contribution in [3.05, 3.63) is 35.9 Å². The summed E-state index contributed by atoms with van der Waals surface area (Å²) < 4.78 is 0.152. The molecule has 3 N–H and O–H groups in total. The number of aliphatic hydroxyl groups excluding tert-OH is 1. The Morgan fingerprint density at radius 2 is 2.20 bits per heavy atom. The molecule has 0 aliphatic carbocycles. The van der Waals surface area contributed by atoms with Crippen LogP contribution in [0.5, 0.6) is 0 Å². The Hall–Kier alpha value is -1.20. The number of urea groups is 1. The van der Waals surface area contributed by atoms with Crippen molar-refractivity contribution < 1.29 is 9.90 Å². The van der Waals surface area contributed by atoms with Crippen molar-refractivity contribution in [2.75, 3.05) is 18.9 Å². The highest BCUT2D eigenvalue weighted by atomic mass is 32.2. The average molecular weight is 294 g/mol. The Labute approximate surface area is 124 Å². The van der Waals surface area contributed by atoms with Crippen molar-refractivity contribution in [2.45, 2.75) is 30.6 Å². The van der Waals surface area contributed by atoms with Gasteiger partial charge in [0.15, 0.2) is 0 Å². The third-order valence-corrected chi connectivity index (χ3v) is 5.15. The van der Waals surface area contributed by atoms with Gasteiger partial charge in [0.1, 0.15) is 0 Å². The monoisotopic (exact) mass is 294 g/mol. The van der Waals surface area contributed by atoms with E-state index in [0.717, 1.165) is 12.0 Å². The molecule has 5 heteroatoms. The van der Waals surface area contributed by atoms with E-state index in [4.69, 9.17) is 0 Å². The van der Waals surface area contributed by atoms with Crippen LogP contribution < -0.4 is 10.6 Å². The number of aliphatic hydroxyl groups is 1. The van der Waals surface area contributed by atoms with Crippen molar-refractivity contribution in [2.24, 2.45) is 0 Å². The maximum absolute atomic E-state index is 11.9. The topological polar surface area (TPSA) is 61.4 Å². The van der Waals surface area contributed by atoms with Gasteiger partial charge in [-0.2, -0.15) is 11.8 Å². The van der Waals surface area contributed by atoms with Crippen LogP contribution in [0.4, 0.5) is 4.79 Å². The van der Waals surface area contributed by atoms with Gasteiger partial charge in [0.25, 0.3) is 0 Å². The summed E-state index contributed by atoms with van der Waals surface area (Å²) >= 11 is 1.92. The molecular weight excluding hydrogens is 272 g/mol. The van der Waals surface area contributed by atoms with Gasteiger partial charge < -0.3 is 15.7 Å². The van der Waals surface area contributed by atoms with E-state index in [1.807, 2.05) is 42.1 Å². The second-order valence-electron chi connectivity index (χ2n) is 5.37. The number of thioether (sulfide) groups is 1. The minimum Gasteiger partial charge on any atom is -0.394 e. The first kappa shape index (κ1) is 15.2. The Morgan fingerprint density at radius 1 is 1.45 bits per heavy atom. The van der Waals surface area contributed by atoms with Crippen LogP contribution in [0.3, 0.4) is 0 Å². The van der Waals surface area contributed by atoms with Crippen LogP contribution in [0.25, 0.3) is 0 Å². The molecule has 20 heavy (non-hydrogen) atoms. The summed E-state index contributed by atoms with van der Waals surface area (Å²) in [7, 11) is 0. The number of nitrogens with one attached hydrogen (secondary N) is 2. The number of hydrogen-bond acceptors (Lipinski definition) is 3. The van der Waals surface area contributed by atoms with E-state index in [1.165, 1.54) is 12.2 Å². The van der Waals surface area contributed by atoms with Gasteiger partial charge in [-0.25, -0.2) is 4.79 Å². The van der Waals surface area contributed by atoms with Gasteiger partial charge in [0.05, 0.1) is 12.6 Å². The Balaban J connectivity index is 1.83. The fourth-order valence-electron chi connectivity index (χ4n) is 2.37. The Kier molecular flexibility index (Phi) is 5.31. The van der Waals surface area contributed by atoms with Crippen LogP contribution >= 0.6 is 11.8 Å². The first-order valence-corrected chi connectivity index (χ1v) is 7.96. The van der Waals surface area contributed by atoms with Gasteiger partial charge in [-0.1, -0.05) is 30.3 Å². The summed E-state index contributed by atoms with van der Waals surface area (Å²) in [5.41, 5.74) is 0.909. The van der Waals surface area contributed by atoms with E-state index in [0.29, 0.717) is 6.54 Å². The zero-order chi connectivity index (χ0) is 14.4. The number of rotatable bonds is 5. The molecule has 2 rings (SSSR count). The highest BCUT2D eigenvalue weighted by Crippen LogP contribution is 2.36. The van der Waals surface area contributed by atoms with Crippen LogP contribution in [0.2, 0.25) is 0 Å². The molecule has 0 radical (unpaired) electrons. The minimum absolute atomic E-state index is 0.108. The molecule has 1 heterocycles. The maximum Gasteiger partial charge on any atom is 0.315 e. The number of carbonyl (C=O) groups excluding carboxylic acids is 1. The summed E-state index contributed by atoms with van der Waals surface area (Å²) in [6.45, 7) is 2.74. The van der Waals surface area contributed by atoms with Crippen LogP contribution in [0.15, 0.2) is 30.3 Å². The molecule has 2 amide bonds. The number of carbonyl (C=O) groups is 1. The summed E-state index contributed by atoms with van der Waals surface area (Å²) in [6.07, 6.45) is 2.35. The van der Waals surface area contributed by atoms with E-state index >= 15 is 0 Å². The molecule has 4 nitrogen and oxygen atoms in total. The lowest BCUT2D eigenvalue weighted by Crippen LogP contribution is -2.44. The van der Waals surface area contributed by atoms with E-state index in [9.17, 15) is 9.90 Å². The van der Waals surface area contributed by atoms with E-state index < -0.39 is 0 Å². The summed E-state index contributed by atoms with van der Waals surface area (Å²) in [5.74, 6) is 1.17. The normalized spacial score (nSPS) is 23.3. The largest absolute Gasteiger partial charge is 0.394 e. The zero-order valence-electron chi connectivity index (χ0n) is 11.8. The summed E-state index contributed by atoms with van der Waals surface area (Å²) in [4.78, 5) is 11.9.